The Morgan fingerprint density at radius 2 is 1.83 bits per heavy atom. The van der Waals surface area contributed by atoms with E-state index in [-0.39, 0.29) is 12.6 Å². The molecule has 3 atom stereocenters. The highest BCUT2D eigenvalue weighted by atomic mass is 16.4. The second-order valence-corrected chi connectivity index (χ2v) is 5.42. The minimum absolute atomic E-state index is 0.0261. The quantitative estimate of drug-likeness (QED) is 0.833. The van der Waals surface area contributed by atoms with Gasteiger partial charge >= 0.3 is 12.0 Å². The summed E-state index contributed by atoms with van der Waals surface area (Å²) in [6.07, 6.45) is 0. The fourth-order valence-corrected chi connectivity index (χ4v) is 2.24. The number of amides is 2. The van der Waals surface area contributed by atoms with Gasteiger partial charge in [-0.25, -0.2) is 4.79 Å². The van der Waals surface area contributed by atoms with Crippen LogP contribution in [0.25, 0.3) is 0 Å². The zero-order valence-electron chi connectivity index (χ0n) is 11.7. The van der Waals surface area contributed by atoms with Gasteiger partial charge in [0.25, 0.3) is 0 Å². The lowest BCUT2D eigenvalue weighted by atomic mass is 10.0. The van der Waals surface area contributed by atoms with Gasteiger partial charge in [-0.3, -0.25) is 4.79 Å². The van der Waals surface area contributed by atoms with Crippen LogP contribution in [0.1, 0.15) is 27.7 Å². The van der Waals surface area contributed by atoms with Crippen molar-refractivity contribution in [3.63, 3.8) is 0 Å². The van der Waals surface area contributed by atoms with Crippen LogP contribution in [0.15, 0.2) is 0 Å². The Morgan fingerprint density at radius 3 is 2.22 bits per heavy atom. The minimum Gasteiger partial charge on any atom is -0.481 e. The first kappa shape index (κ1) is 14.8. The predicted molar refractivity (Wildman–Crippen MR) is 69.3 cm³/mol. The van der Waals surface area contributed by atoms with Crippen LogP contribution >= 0.6 is 0 Å². The lowest BCUT2D eigenvalue weighted by molar-refractivity contribution is -0.141. The number of carbonyl (C=O) groups is 2. The maximum Gasteiger partial charge on any atom is 0.320 e. The summed E-state index contributed by atoms with van der Waals surface area (Å²) in [5.74, 6) is -0.343. The highest BCUT2D eigenvalue weighted by Crippen LogP contribution is 2.23. The summed E-state index contributed by atoms with van der Waals surface area (Å²) >= 11 is 0. The van der Waals surface area contributed by atoms with Crippen molar-refractivity contribution in [2.24, 2.45) is 17.8 Å². The Hall–Kier alpha value is -1.26. The zero-order valence-corrected chi connectivity index (χ0v) is 11.7. The second kappa shape index (κ2) is 6.07. The number of hydrogen-bond donors (Lipinski definition) is 1. The summed E-state index contributed by atoms with van der Waals surface area (Å²) in [6, 6.07) is -0.0261. The molecule has 1 rings (SSSR count). The van der Waals surface area contributed by atoms with E-state index in [1.165, 1.54) is 0 Å². The molecule has 0 aromatic carbocycles. The van der Waals surface area contributed by atoms with Crippen molar-refractivity contribution >= 4 is 12.0 Å². The molecule has 0 aliphatic carbocycles. The van der Waals surface area contributed by atoms with Gasteiger partial charge in [0.1, 0.15) is 0 Å². The maximum absolute atomic E-state index is 12.3. The average molecular weight is 256 g/mol. The summed E-state index contributed by atoms with van der Waals surface area (Å²) in [7, 11) is 0. The number of urea groups is 1. The Bertz CT molecular complexity index is 309. The van der Waals surface area contributed by atoms with Crippen molar-refractivity contribution in [1.29, 1.82) is 0 Å². The van der Waals surface area contributed by atoms with Gasteiger partial charge in [-0.1, -0.05) is 20.8 Å². The minimum atomic E-state index is -0.857. The summed E-state index contributed by atoms with van der Waals surface area (Å²) in [5, 5.41) is 8.91. The molecule has 0 aromatic heterocycles. The fraction of sp³-hybridized carbons (Fsp3) is 0.846. The first-order valence-electron chi connectivity index (χ1n) is 6.63. The van der Waals surface area contributed by atoms with E-state index in [2.05, 4.69) is 13.8 Å². The Morgan fingerprint density at radius 1 is 1.33 bits per heavy atom. The number of hydrogen-bond acceptors (Lipinski definition) is 2. The van der Waals surface area contributed by atoms with Crippen LogP contribution in [0.2, 0.25) is 0 Å². The van der Waals surface area contributed by atoms with Gasteiger partial charge in [-0.2, -0.15) is 0 Å². The van der Waals surface area contributed by atoms with Gasteiger partial charge in [-0.05, 0) is 18.8 Å². The number of nitrogens with zero attached hydrogens (tertiary/aromatic N) is 2. The number of aliphatic carboxylic acids is 1. The van der Waals surface area contributed by atoms with E-state index >= 15 is 0 Å². The van der Waals surface area contributed by atoms with E-state index in [1.807, 2.05) is 11.8 Å². The Balaban J connectivity index is 2.60. The molecule has 0 spiro atoms. The molecule has 1 N–H and O–H groups in total. The molecule has 1 saturated heterocycles. The van der Waals surface area contributed by atoms with Crippen LogP contribution in [0.5, 0.6) is 0 Å². The third-order valence-electron chi connectivity index (χ3n) is 3.83. The van der Waals surface area contributed by atoms with E-state index in [1.54, 1.807) is 11.8 Å². The van der Waals surface area contributed by atoms with Gasteiger partial charge in [0.05, 0.1) is 5.92 Å². The van der Waals surface area contributed by atoms with E-state index in [9.17, 15) is 9.59 Å². The SMILES string of the molecule is CCN(CC(C)C(=O)O)C(=O)N1CC(C)C(C)C1. The molecule has 0 radical (unpaired) electrons. The van der Waals surface area contributed by atoms with Crippen molar-refractivity contribution in [1.82, 2.24) is 9.80 Å². The maximum atomic E-state index is 12.3. The van der Waals surface area contributed by atoms with Crippen LogP contribution in [-0.2, 0) is 4.79 Å². The molecule has 1 heterocycles. The molecule has 1 aliphatic heterocycles. The van der Waals surface area contributed by atoms with Crippen molar-refractivity contribution in [3.8, 4) is 0 Å². The molecule has 0 bridgehead atoms. The highest BCUT2D eigenvalue weighted by Gasteiger charge is 2.32. The largest absolute Gasteiger partial charge is 0.481 e. The van der Waals surface area contributed by atoms with Gasteiger partial charge in [-0.15, -0.1) is 0 Å². The smallest absolute Gasteiger partial charge is 0.320 e. The van der Waals surface area contributed by atoms with E-state index in [4.69, 9.17) is 5.11 Å². The first-order valence-corrected chi connectivity index (χ1v) is 6.63. The number of rotatable bonds is 4. The summed E-state index contributed by atoms with van der Waals surface area (Å²) in [5.41, 5.74) is 0. The molecule has 5 heteroatoms. The summed E-state index contributed by atoms with van der Waals surface area (Å²) < 4.78 is 0. The molecule has 1 fully saturated rings. The lowest BCUT2D eigenvalue weighted by Crippen LogP contribution is -2.44. The second-order valence-electron chi connectivity index (χ2n) is 5.42. The van der Waals surface area contributed by atoms with Gasteiger partial charge < -0.3 is 14.9 Å². The van der Waals surface area contributed by atoms with Crippen LogP contribution in [-0.4, -0.2) is 53.1 Å². The van der Waals surface area contributed by atoms with Crippen molar-refractivity contribution in [2.75, 3.05) is 26.2 Å². The molecule has 1 aliphatic rings. The van der Waals surface area contributed by atoms with Crippen LogP contribution in [0, 0.1) is 17.8 Å². The van der Waals surface area contributed by atoms with Crippen molar-refractivity contribution in [2.45, 2.75) is 27.7 Å². The Kier molecular flexibility index (Phi) is 4.99. The topological polar surface area (TPSA) is 60.9 Å². The molecular weight excluding hydrogens is 232 g/mol. The number of carboxylic acid groups (broad SMARTS) is 1. The van der Waals surface area contributed by atoms with E-state index < -0.39 is 11.9 Å². The third-order valence-corrected chi connectivity index (χ3v) is 3.83. The Labute approximate surface area is 109 Å². The molecule has 2 amide bonds. The van der Waals surface area contributed by atoms with Gasteiger partial charge in [0.15, 0.2) is 0 Å². The van der Waals surface area contributed by atoms with E-state index in [0.717, 1.165) is 13.1 Å². The monoisotopic (exact) mass is 256 g/mol. The molecule has 0 saturated carbocycles. The van der Waals surface area contributed by atoms with Crippen LogP contribution in [0.4, 0.5) is 4.79 Å². The van der Waals surface area contributed by atoms with Gasteiger partial charge in [0.2, 0.25) is 0 Å². The molecular formula is C13H24N2O3. The zero-order chi connectivity index (χ0) is 13.9. The molecule has 5 nitrogen and oxygen atoms in total. The van der Waals surface area contributed by atoms with Crippen LogP contribution in [0.3, 0.4) is 0 Å². The average Bonchev–Trinajstić information content (AvgIpc) is 2.65. The standard InChI is InChI=1S/C13H24N2O3/c1-5-14(8-11(4)12(16)17)13(18)15-6-9(2)10(3)7-15/h9-11H,5-8H2,1-4H3,(H,16,17). The first-order chi connectivity index (χ1) is 8.36. The third kappa shape index (κ3) is 3.37. The number of carbonyl (C=O) groups excluding carboxylic acids is 1. The highest BCUT2D eigenvalue weighted by molar-refractivity contribution is 5.76. The summed E-state index contributed by atoms with van der Waals surface area (Å²) in [4.78, 5) is 26.6. The summed E-state index contributed by atoms with van der Waals surface area (Å²) in [6.45, 7) is 10.2. The van der Waals surface area contributed by atoms with E-state index in [0.29, 0.717) is 18.4 Å². The van der Waals surface area contributed by atoms with Crippen molar-refractivity contribution in [3.05, 3.63) is 0 Å². The van der Waals surface area contributed by atoms with Gasteiger partial charge in [0, 0.05) is 26.2 Å². The lowest BCUT2D eigenvalue weighted by Gasteiger charge is -2.28. The normalized spacial score (nSPS) is 25.0. The number of carboxylic acids is 1. The number of likely N-dealkylation sites (tertiary alicyclic amines) is 1. The molecule has 0 aromatic rings. The fourth-order valence-electron chi connectivity index (χ4n) is 2.24. The molecule has 3 unspecified atom stereocenters. The molecule has 104 valence electrons. The predicted octanol–water partition coefficient (Wildman–Crippen LogP) is 1.74. The van der Waals surface area contributed by atoms with Crippen LogP contribution < -0.4 is 0 Å². The van der Waals surface area contributed by atoms with Crippen molar-refractivity contribution < 1.29 is 14.7 Å². The molecule has 18 heavy (non-hydrogen) atoms.